The fraction of sp³-hybridized carbons (Fsp3) is 0.231. The second kappa shape index (κ2) is 4.75. The van der Waals surface area contributed by atoms with E-state index in [1.54, 1.807) is 0 Å². The van der Waals surface area contributed by atoms with Crippen molar-refractivity contribution in [2.45, 2.75) is 19.4 Å². The number of hydrogen-bond acceptors (Lipinski definition) is 2. The number of aromatic nitrogens is 2. The lowest BCUT2D eigenvalue weighted by Crippen LogP contribution is -1.96. The summed E-state index contributed by atoms with van der Waals surface area (Å²) in [5, 5.41) is 0. The number of para-hydroxylation sites is 2. The summed E-state index contributed by atoms with van der Waals surface area (Å²) < 4.78 is 2.10. The van der Waals surface area contributed by atoms with Crippen molar-refractivity contribution in [1.82, 2.24) is 9.55 Å². The predicted molar refractivity (Wildman–Crippen MR) is 64.2 cm³/mol. The van der Waals surface area contributed by atoms with E-state index >= 15 is 0 Å². The van der Waals surface area contributed by atoms with Crippen molar-refractivity contribution >= 4 is 17.3 Å². The van der Waals surface area contributed by atoms with Crippen molar-refractivity contribution < 1.29 is 4.79 Å². The summed E-state index contributed by atoms with van der Waals surface area (Å²) in [6, 6.07) is 8.03. The number of hydrogen-bond donors (Lipinski definition) is 0. The smallest absolute Gasteiger partial charge is 0.145 e. The third-order valence-corrected chi connectivity index (χ3v) is 2.59. The van der Waals surface area contributed by atoms with Gasteiger partial charge in [-0.15, -0.1) is 0 Å². The van der Waals surface area contributed by atoms with E-state index in [4.69, 9.17) is 0 Å². The molecule has 0 N–H and O–H groups in total. The van der Waals surface area contributed by atoms with Gasteiger partial charge in [0.05, 0.1) is 17.4 Å². The van der Waals surface area contributed by atoms with E-state index < -0.39 is 0 Å². The first-order valence-corrected chi connectivity index (χ1v) is 5.34. The van der Waals surface area contributed by atoms with Crippen molar-refractivity contribution in [3.05, 3.63) is 42.7 Å². The number of imidazole rings is 1. The van der Waals surface area contributed by atoms with Gasteiger partial charge in [-0.3, -0.25) is 4.79 Å². The molecule has 1 aromatic carbocycles. The van der Waals surface area contributed by atoms with Gasteiger partial charge in [0.15, 0.2) is 0 Å². The van der Waals surface area contributed by atoms with Gasteiger partial charge in [0.25, 0.3) is 0 Å². The SMILES string of the molecule is C=C(C=O)CCCn1cnc2ccccc21. The second-order valence-electron chi connectivity index (χ2n) is 3.81. The lowest BCUT2D eigenvalue weighted by molar-refractivity contribution is -0.105. The van der Waals surface area contributed by atoms with Gasteiger partial charge in [0.1, 0.15) is 6.29 Å². The Kier molecular flexibility index (Phi) is 3.15. The summed E-state index contributed by atoms with van der Waals surface area (Å²) >= 11 is 0. The minimum atomic E-state index is 0.657. The lowest BCUT2D eigenvalue weighted by atomic mass is 10.2. The molecule has 0 spiro atoms. The van der Waals surface area contributed by atoms with Crippen LogP contribution in [0.3, 0.4) is 0 Å². The molecule has 0 unspecified atom stereocenters. The Morgan fingerprint density at radius 1 is 1.44 bits per heavy atom. The normalized spacial score (nSPS) is 10.5. The van der Waals surface area contributed by atoms with Gasteiger partial charge in [-0.05, 0) is 30.5 Å². The Morgan fingerprint density at radius 2 is 2.25 bits per heavy atom. The quantitative estimate of drug-likeness (QED) is 0.566. The minimum absolute atomic E-state index is 0.657. The van der Waals surface area contributed by atoms with Gasteiger partial charge >= 0.3 is 0 Å². The maximum atomic E-state index is 10.4. The summed E-state index contributed by atoms with van der Waals surface area (Å²) in [4.78, 5) is 14.7. The van der Waals surface area contributed by atoms with Gasteiger partial charge in [-0.25, -0.2) is 4.98 Å². The molecular weight excluding hydrogens is 200 g/mol. The Morgan fingerprint density at radius 3 is 3.06 bits per heavy atom. The molecule has 0 aliphatic heterocycles. The molecule has 1 aromatic heterocycles. The Hall–Kier alpha value is -1.90. The molecule has 0 saturated carbocycles. The standard InChI is InChI=1S/C13H14N2O/c1-11(9-16)5-4-8-15-10-14-12-6-2-3-7-13(12)15/h2-3,6-7,9-10H,1,4-5,8H2. The number of nitrogens with zero attached hydrogens (tertiary/aromatic N) is 2. The largest absolute Gasteiger partial charge is 0.331 e. The molecule has 0 saturated heterocycles. The van der Waals surface area contributed by atoms with Crippen LogP contribution in [0.1, 0.15) is 12.8 Å². The van der Waals surface area contributed by atoms with Gasteiger partial charge < -0.3 is 4.57 Å². The zero-order valence-corrected chi connectivity index (χ0v) is 9.10. The summed E-state index contributed by atoms with van der Waals surface area (Å²) in [5.41, 5.74) is 2.81. The zero-order valence-electron chi connectivity index (χ0n) is 9.10. The molecule has 0 amide bonds. The van der Waals surface area contributed by atoms with Gasteiger partial charge in [0, 0.05) is 6.54 Å². The van der Waals surface area contributed by atoms with Crippen LogP contribution in [0.5, 0.6) is 0 Å². The Bertz CT molecular complexity index is 513. The maximum Gasteiger partial charge on any atom is 0.145 e. The van der Waals surface area contributed by atoms with Crippen LogP contribution in [0, 0.1) is 0 Å². The monoisotopic (exact) mass is 214 g/mol. The van der Waals surface area contributed by atoms with E-state index in [-0.39, 0.29) is 0 Å². The van der Waals surface area contributed by atoms with Crippen LogP contribution in [0.15, 0.2) is 42.7 Å². The number of fused-ring (bicyclic) bond motifs is 1. The second-order valence-corrected chi connectivity index (χ2v) is 3.81. The highest BCUT2D eigenvalue weighted by Gasteiger charge is 2.00. The van der Waals surface area contributed by atoms with E-state index in [0.717, 1.165) is 36.7 Å². The molecule has 0 aliphatic carbocycles. The molecule has 0 atom stereocenters. The average Bonchev–Trinajstić information content (AvgIpc) is 2.73. The first kappa shape index (κ1) is 10.6. The molecule has 0 aliphatic rings. The van der Waals surface area contributed by atoms with E-state index in [1.165, 1.54) is 0 Å². The van der Waals surface area contributed by atoms with Gasteiger partial charge in [-0.2, -0.15) is 0 Å². The number of carbonyl (C=O) groups is 1. The topological polar surface area (TPSA) is 34.9 Å². The van der Waals surface area contributed by atoms with Crippen LogP contribution in [0.4, 0.5) is 0 Å². The molecule has 0 bridgehead atoms. The van der Waals surface area contributed by atoms with Crippen molar-refractivity contribution in [2.75, 3.05) is 0 Å². The molecule has 82 valence electrons. The summed E-state index contributed by atoms with van der Waals surface area (Å²) in [6.45, 7) is 4.53. The Balaban J connectivity index is 2.04. The minimum Gasteiger partial charge on any atom is -0.331 e. The number of benzene rings is 1. The summed E-state index contributed by atoms with van der Waals surface area (Å²) in [6.07, 6.45) is 4.33. The molecule has 0 fully saturated rings. The number of rotatable bonds is 5. The average molecular weight is 214 g/mol. The maximum absolute atomic E-state index is 10.4. The number of aldehydes is 1. The van der Waals surface area contributed by atoms with Crippen molar-refractivity contribution in [2.24, 2.45) is 0 Å². The Labute approximate surface area is 94.4 Å². The van der Waals surface area contributed by atoms with Crippen LogP contribution in [-0.2, 0) is 11.3 Å². The zero-order chi connectivity index (χ0) is 11.4. The first-order chi connectivity index (χ1) is 7.81. The molecule has 1 heterocycles. The van der Waals surface area contributed by atoms with Crippen LogP contribution >= 0.6 is 0 Å². The molecular formula is C13H14N2O. The molecule has 2 aromatic rings. The van der Waals surface area contributed by atoms with E-state index in [0.29, 0.717) is 5.57 Å². The lowest BCUT2D eigenvalue weighted by Gasteiger charge is -2.03. The molecule has 16 heavy (non-hydrogen) atoms. The summed E-state index contributed by atoms with van der Waals surface area (Å²) in [5.74, 6) is 0. The van der Waals surface area contributed by atoms with Crippen LogP contribution < -0.4 is 0 Å². The third kappa shape index (κ3) is 2.19. The molecule has 0 radical (unpaired) electrons. The van der Waals surface area contributed by atoms with Crippen molar-refractivity contribution in [3.8, 4) is 0 Å². The first-order valence-electron chi connectivity index (χ1n) is 5.34. The molecule has 3 heteroatoms. The van der Waals surface area contributed by atoms with Crippen LogP contribution in [0.25, 0.3) is 11.0 Å². The van der Waals surface area contributed by atoms with Crippen LogP contribution in [0.2, 0.25) is 0 Å². The van der Waals surface area contributed by atoms with Crippen molar-refractivity contribution in [1.29, 1.82) is 0 Å². The highest BCUT2D eigenvalue weighted by molar-refractivity contribution is 5.75. The highest BCUT2D eigenvalue weighted by Crippen LogP contribution is 2.13. The molecule has 2 rings (SSSR count). The fourth-order valence-corrected chi connectivity index (χ4v) is 1.72. The number of carbonyl (C=O) groups excluding carboxylic acids is 1. The molecule has 3 nitrogen and oxygen atoms in total. The highest BCUT2D eigenvalue weighted by atomic mass is 16.1. The van der Waals surface area contributed by atoms with E-state index in [2.05, 4.69) is 22.2 Å². The summed E-state index contributed by atoms with van der Waals surface area (Å²) in [7, 11) is 0. The van der Waals surface area contributed by atoms with Gasteiger partial charge in [-0.1, -0.05) is 18.7 Å². The fourth-order valence-electron chi connectivity index (χ4n) is 1.72. The predicted octanol–water partition coefficient (Wildman–Crippen LogP) is 2.57. The van der Waals surface area contributed by atoms with Crippen molar-refractivity contribution in [3.63, 3.8) is 0 Å². The van der Waals surface area contributed by atoms with Gasteiger partial charge in [0.2, 0.25) is 0 Å². The number of allylic oxidation sites excluding steroid dienone is 1. The third-order valence-electron chi connectivity index (χ3n) is 2.59. The van der Waals surface area contributed by atoms with E-state index in [9.17, 15) is 4.79 Å². The van der Waals surface area contributed by atoms with E-state index in [1.807, 2.05) is 24.5 Å². The number of aryl methyl sites for hydroxylation is 1. The van der Waals surface area contributed by atoms with Crippen LogP contribution in [-0.4, -0.2) is 15.8 Å².